The third kappa shape index (κ3) is 6.79. The van der Waals surface area contributed by atoms with Gasteiger partial charge >= 0.3 is 5.97 Å². The molecule has 0 N–H and O–H groups in total. The van der Waals surface area contributed by atoms with Crippen LogP contribution in [0.4, 0.5) is 15.8 Å². The monoisotopic (exact) mass is 522 g/mol. The third-order valence-electron chi connectivity index (χ3n) is 6.47. The van der Waals surface area contributed by atoms with E-state index in [2.05, 4.69) is 33.9 Å². The lowest BCUT2D eigenvalue weighted by Gasteiger charge is -2.24. The summed E-state index contributed by atoms with van der Waals surface area (Å²) in [6.45, 7) is 1.94. The molecule has 0 saturated carbocycles. The number of ether oxygens (including phenoxy) is 1. The molecule has 4 rings (SSSR count). The van der Waals surface area contributed by atoms with Crippen LogP contribution < -0.4 is 9.80 Å². The number of amides is 1. The van der Waals surface area contributed by atoms with Crippen molar-refractivity contribution < 1.29 is 18.7 Å². The van der Waals surface area contributed by atoms with E-state index in [-0.39, 0.29) is 18.0 Å². The predicted molar refractivity (Wildman–Crippen MR) is 155 cm³/mol. The minimum absolute atomic E-state index is 0.256. The number of aryl methyl sites for hydroxylation is 1. The molecule has 0 aliphatic carbocycles. The van der Waals surface area contributed by atoms with E-state index in [0.717, 1.165) is 27.9 Å². The summed E-state index contributed by atoms with van der Waals surface area (Å²) in [7, 11) is 5.33. The van der Waals surface area contributed by atoms with Crippen LogP contribution in [0.15, 0.2) is 97.1 Å². The van der Waals surface area contributed by atoms with Gasteiger partial charge in [-0.3, -0.25) is 4.79 Å². The Hall–Kier alpha value is -4.71. The van der Waals surface area contributed by atoms with Crippen LogP contribution in [-0.2, 0) is 16.1 Å². The first-order valence-corrected chi connectivity index (χ1v) is 12.6. The van der Waals surface area contributed by atoms with Crippen molar-refractivity contribution >= 4 is 29.3 Å². The number of methoxy groups -OCH3 is 1. The summed E-state index contributed by atoms with van der Waals surface area (Å²) in [6, 6.07) is 28.1. The van der Waals surface area contributed by atoms with Gasteiger partial charge < -0.3 is 14.5 Å². The first-order chi connectivity index (χ1) is 18.7. The molecule has 0 aromatic heterocycles. The second-order valence-electron chi connectivity index (χ2n) is 9.44. The van der Waals surface area contributed by atoms with Gasteiger partial charge in [-0.15, -0.1) is 0 Å². The van der Waals surface area contributed by atoms with Crippen LogP contribution in [0.1, 0.15) is 27.0 Å². The second kappa shape index (κ2) is 12.2. The topological polar surface area (TPSA) is 49.9 Å². The average Bonchev–Trinajstić information content (AvgIpc) is 2.96. The van der Waals surface area contributed by atoms with Gasteiger partial charge in [-0.25, -0.2) is 9.18 Å². The van der Waals surface area contributed by atoms with Gasteiger partial charge in [0.1, 0.15) is 5.82 Å². The smallest absolute Gasteiger partial charge is 0.330 e. The van der Waals surface area contributed by atoms with Gasteiger partial charge in [-0.2, -0.15) is 0 Å². The maximum absolute atomic E-state index is 14.4. The molecule has 5 nitrogen and oxygen atoms in total. The summed E-state index contributed by atoms with van der Waals surface area (Å²) in [5, 5.41) is 0. The predicted octanol–water partition coefficient (Wildman–Crippen LogP) is 6.90. The highest BCUT2D eigenvalue weighted by molar-refractivity contribution is 6.06. The van der Waals surface area contributed by atoms with E-state index in [1.54, 1.807) is 30.0 Å². The lowest BCUT2D eigenvalue weighted by molar-refractivity contribution is -0.134. The number of rotatable bonds is 8. The molecular weight excluding hydrogens is 491 g/mol. The Labute approximate surface area is 228 Å². The Balaban J connectivity index is 1.65. The summed E-state index contributed by atoms with van der Waals surface area (Å²) in [5.41, 5.74) is 6.28. The van der Waals surface area contributed by atoms with Crippen LogP contribution in [0, 0.1) is 12.7 Å². The highest BCUT2D eigenvalue weighted by atomic mass is 19.1. The van der Waals surface area contributed by atoms with Crippen molar-refractivity contribution in [2.75, 3.05) is 31.0 Å². The fraction of sp³-hybridized carbons (Fsp3) is 0.152. The molecule has 0 spiro atoms. The zero-order valence-corrected chi connectivity index (χ0v) is 22.5. The van der Waals surface area contributed by atoms with Gasteiger partial charge in [-0.1, -0.05) is 54.6 Å². The summed E-state index contributed by atoms with van der Waals surface area (Å²) in [6.07, 6.45) is 2.95. The lowest BCUT2D eigenvalue weighted by Crippen LogP contribution is -2.30. The third-order valence-corrected chi connectivity index (χ3v) is 6.47. The van der Waals surface area contributed by atoms with E-state index < -0.39 is 11.8 Å². The molecule has 4 aromatic carbocycles. The van der Waals surface area contributed by atoms with Crippen molar-refractivity contribution in [3.05, 3.63) is 125 Å². The van der Waals surface area contributed by atoms with E-state index >= 15 is 0 Å². The van der Waals surface area contributed by atoms with Crippen molar-refractivity contribution in [1.82, 2.24) is 0 Å². The summed E-state index contributed by atoms with van der Waals surface area (Å²) in [5.74, 6) is -1.23. The van der Waals surface area contributed by atoms with E-state index in [0.29, 0.717) is 11.3 Å². The van der Waals surface area contributed by atoms with Crippen molar-refractivity contribution in [3.8, 4) is 11.1 Å². The summed E-state index contributed by atoms with van der Waals surface area (Å²) < 4.78 is 19.0. The average molecular weight is 523 g/mol. The van der Waals surface area contributed by atoms with Crippen LogP contribution in [0.3, 0.4) is 0 Å². The van der Waals surface area contributed by atoms with Crippen LogP contribution in [0.2, 0.25) is 0 Å². The lowest BCUT2D eigenvalue weighted by atomic mass is 10.0. The number of hydrogen-bond donors (Lipinski definition) is 0. The Morgan fingerprint density at radius 1 is 0.846 bits per heavy atom. The second-order valence-corrected chi connectivity index (χ2v) is 9.44. The molecule has 6 heteroatoms. The molecule has 0 aliphatic rings. The maximum atomic E-state index is 14.4. The first kappa shape index (κ1) is 27.3. The number of hydrogen-bond acceptors (Lipinski definition) is 4. The molecular formula is C33H31FN2O3. The molecule has 0 saturated heterocycles. The molecule has 0 heterocycles. The molecule has 0 atom stereocenters. The fourth-order valence-corrected chi connectivity index (χ4v) is 4.13. The number of carbonyl (C=O) groups excluding carboxylic acids is 2. The molecule has 0 aliphatic heterocycles. The number of benzene rings is 4. The zero-order valence-electron chi connectivity index (χ0n) is 22.5. The number of anilines is 2. The highest BCUT2D eigenvalue weighted by Crippen LogP contribution is 2.26. The standard InChI is InChI=1S/C33H31FN2O3/c1-23-8-12-28(21-31(23)34)33(38)36(30-7-5-6-24(20-30)11-19-32(37)39-4)22-25-9-13-26(14-10-25)27-15-17-29(18-16-27)35(2)3/h5-21H,22H2,1-4H3/b19-11+. The van der Waals surface area contributed by atoms with Crippen molar-refractivity contribution in [2.45, 2.75) is 13.5 Å². The quantitative estimate of drug-likeness (QED) is 0.187. The van der Waals surface area contributed by atoms with Crippen molar-refractivity contribution in [3.63, 3.8) is 0 Å². The summed E-state index contributed by atoms with van der Waals surface area (Å²) >= 11 is 0. The van der Waals surface area contributed by atoms with E-state index in [9.17, 15) is 14.0 Å². The Morgan fingerprint density at radius 3 is 2.13 bits per heavy atom. The number of carbonyl (C=O) groups is 2. The van der Waals surface area contributed by atoms with Gasteiger partial charge in [0.05, 0.1) is 13.7 Å². The highest BCUT2D eigenvalue weighted by Gasteiger charge is 2.20. The SMILES string of the molecule is COC(=O)/C=C/c1cccc(N(Cc2ccc(-c3ccc(N(C)C)cc3)cc2)C(=O)c2ccc(C)c(F)c2)c1. The summed E-state index contributed by atoms with van der Waals surface area (Å²) in [4.78, 5) is 28.9. The number of esters is 1. The molecule has 4 aromatic rings. The molecule has 39 heavy (non-hydrogen) atoms. The van der Waals surface area contributed by atoms with Gasteiger partial charge in [-0.05, 0) is 77.2 Å². The molecule has 0 unspecified atom stereocenters. The van der Waals surface area contributed by atoms with Gasteiger partial charge in [0.2, 0.25) is 0 Å². The Morgan fingerprint density at radius 2 is 1.51 bits per heavy atom. The largest absolute Gasteiger partial charge is 0.466 e. The first-order valence-electron chi connectivity index (χ1n) is 12.6. The van der Waals surface area contributed by atoms with E-state index in [4.69, 9.17) is 0 Å². The van der Waals surface area contributed by atoms with Crippen LogP contribution in [0.25, 0.3) is 17.2 Å². The van der Waals surface area contributed by atoms with E-state index in [1.165, 1.54) is 19.3 Å². The minimum atomic E-state index is -0.472. The van der Waals surface area contributed by atoms with Crippen LogP contribution in [0.5, 0.6) is 0 Å². The number of nitrogens with zero attached hydrogens (tertiary/aromatic N) is 2. The van der Waals surface area contributed by atoms with Gasteiger partial charge in [0.15, 0.2) is 0 Å². The van der Waals surface area contributed by atoms with E-state index in [1.807, 2.05) is 62.6 Å². The Kier molecular flexibility index (Phi) is 8.56. The molecule has 0 bridgehead atoms. The number of halogens is 1. The van der Waals surface area contributed by atoms with Crippen molar-refractivity contribution in [1.29, 1.82) is 0 Å². The molecule has 198 valence electrons. The normalized spacial score (nSPS) is 10.9. The van der Waals surface area contributed by atoms with Gasteiger partial charge in [0, 0.05) is 37.1 Å². The van der Waals surface area contributed by atoms with Crippen molar-refractivity contribution in [2.24, 2.45) is 0 Å². The fourth-order valence-electron chi connectivity index (χ4n) is 4.13. The zero-order chi connectivity index (χ0) is 27.9. The molecule has 0 radical (unpaired) electrons. The van der Waals surface area contributed by atoms with Gasteiger partial charge in [0.25, 0.3) is 5.91 Å². The molecule has 0 fully saturated rings. The minimum Gasteiger partial charge on any atom is -0.466 e. The molecule has 1 amide bonds. The van der Waals surface area contributed by atoms with Crippen LogP contribution in [-0.4, -0.2) is 33.1 Å². The van der Waals surface area contributed by atoms with Crippen LogP contribution >= 0.6 is 0 Å². The Bertz CT molecular complexity index is 1490. The maximum Gasteiger partial charge on any atom is 0.330 e.